The summed E-state index contributed by atoms with van der Waals surface area (Å²) >= 11 is 0. The van der Waals surface area contributed by atoms with Crippen LogP contribution in [0, 0.1) is 0 Å². The van der Waals surface area contributed by atoms with Gasteiger partial charge < -0.3 is 20.5 Å². The number of carbonyl (C=O) groups excluding carboxylic acids is 1. The van der Waals surface area contributed by atoms with E-state index in [-0.39, 0.29) is 18.7 Å². The second kappa shape index (κ2) is 9.05. The predicted octanol–water partition coefficient (Wildman–Crippen LogP) is 3.47. The van der Waals surface area contributed by atoms with Crippen molar-refractivity contribution < 1.29 is 14.6 Å². The molecule has 0 aliphatic carbocycles. The summed E-state index contributed by atoms with van der Waals surface area (Å²) in [6.45, 7) is 4.29. The Hall–Kier alpha value is -2.37. The Morgan fingerprint density at radius 2 is 1.88 bits per heavy atom. The summed E-state index contributed by atoms with van der Waals surface area (Å²) < 4.78 is 5.57. The van der Waals surface area contributed by atoms with E-state index in [2.05, 4.69) is 10.6 Å². The molecule has 0 saturated heterocycles. The first-order valence-corrected chi connectivity index (χ1v) is 8.02. The zero-order chi connectivity index (χ0) is 17.4. The first-order valence-electron chi connectivity index (χ1n) is 8.02. The van der Waals surface area contributed by atoms with Gasteiger partial charge in [-0.2, -0.15) is 0 Å². The summed E-state index contributed by atoms with van der Waals surface area (Å²) in [5.74, 6) is 0. The lowest BCUT2D eigenvalue weighted by Gasteiger charge is -2.17. The van der Waals surface area contributed by atoms with Gasteiger partial charge in [-0.3, -0.25) is 0 Å². The van der Waals surface area contributed by atoms with Crippen LogP contribution in [0.4, 0.5) is 10.5 Å². The molecule has 0 aliphatic heterocycles. The van der Waals surface area contributed by atoms with Crippen LogP contribution in [-0.2, 0) is 11.3 Å². The van der Waals surface area contributed by atoms with Crippen molar-refractivity contribution >= 4 is 11.7 Å². The number of hydrogen-bond acceptors (Lipinski definition) is 3. The van der Waals surface area contributed by atoms with Crippen molar-refractivity contribution in [2.75, 3.05) is 11.9 Å². The number of aliphatic hydroxyl groups is 1. The van der Waals surface area contributed by atoms with E-state index in [1.54, 1.807) is 0 Å². The molecule has 1 atom stereocenters. The molecule has 2 aromatic rings. The van der Waals surface area contributed by atoms with Crippen molar-refractivity contribution in [3.8, 4) is 0 Å². The fourth-order valence-electron chi connectivity index (χ4n) is 2.25. The zero-order valence-electron chi connectivity index (χ0n) is 14.0. The molecule has 2 rings (SSSR count). The van der Waals surface area contributed by atoms with Crippen LogP contribution in [0.1, 0.15) is 31.0 Å². The SMILES string of the molecule is CC(C)OCc1cccc(NC(=O)N[C@@H](CO)c2ccccc2)c1. The zero-order valence-corrected chi connectivity index (χ0v) is 14.0. The largest absolute Gasteiger partial charge is 0.394 e. The molecule has 0 bridgehead atoms. The van der Waals surface area contributed by atoms with Crippen molar-refractivity contribution in [2.24, 2.45) is 0 Å². The lowest BCUT2D eigenvalue weighted by atomic mass is 10.1. The molecule has 0 saturated carbocycles. The molecule has 0 unspecified atom stereocenters. The summed E-state index contributed by atoms with van der Waals surface area (Å²) in [5.41, 5.74) is 2.53. The topological polar surface area (TPSA) is 70.6 Å². The van der Waals surface area contributed by atoms with E-state index < -0.39 is 6.04 Å². The average molecular weight is 328 g/mol. The molecular formula is C19H24N2O3. The summed E-state index contributed by atoms with van der Waals surface area (Å²) in [5, 5.41) is 15.1. The van der Waals surface area contributed by atoms with E-state index in [1.807, 2.05) is 68.4 Å². The van der Waals surface area contributed by atoms with Crippen LogP contribution in [-0.4, -0.2) is 23.8 Å². The first kappa shape index (κ1) is 18.0. The molecule has 2 amide bonds. The molecule has 0 heterocycles. The van der Waals surface area contributed by atoms with Gasteiger partial charge in [0.25, 0.3) is 0 Å². The summed E-state index contributed by atoms with van der Waals surface area (Å²) in [6, 6.07) is 16.1. The molecule has 0 radical (unpaired) electrons. The molecular weight excluding hydrogens is 304 g/mol. The normalized spacial score (nSPS) is 12.0. The Balaban J connectivity index is 1.95. The van der Waals surface area contributed by atoms with Crippen LogP contribution in [0.25, 0.3) is 0 Å². The van der Waals surface area contributed by atoms with E-state index in [1.165, 1.54) is 0 Å². The van der Waals surface area contributed by atoms with Crippen molar-refractivity contribution in [3.05, 3.63) is 65.7 Å². The van der Waals surface area contributed by atoms with Crippen molar-refractivity contribution in [1.82, 2.24) is 5.32 Å². The third-order valence-corrected chi connectivity index (χ3v) is 3.46. The maximum atomic E-state index is 12.2. The van der Waals surface area contributed by atoms with E-state index >= 15 is 0 Å². The summed E-state index contributed by atoms with van der Waals surface area (Å²) in [7, 11) is 0. The number of aliphatic hydroxyl groups excluding tert-OH is 1. The third kappa shape index (κ3) is 5.68. The molecule has 5 heteroatoms. The average Bonchev–Trinajstić information content (AvgIpc) is 2.59. The van der Waals surface area contributed by atoms with Crippen molar-refractivity contribution in [3.63, 3.8) is 0 Å². The van der Waals surface area contributed by atoms with Crippen LogP contribution in [0.5, 0.6) is 0 Å². The Kier molecular flexibility index (Phi) is 6.78. The number of ether oxygens (including phenoxy) is 1. The highest BCUT2D eigenvalue weighted by molar-refractivity contribution is 5.89. The van der Waals surface area contributed by atoms with Gasteiger partial charge in [0.05, 0.1) is 25.4 Å². The van der Waals surface area contributed by atoms with Gasteiger partial charge in [0.15, 0.2) is 0 Å². The predicted molar refractivity (Wildman–Crippen MR) is 94.8 cm³/mol. The number of nitrogens with one attached hydrogen (secondary N) is 2. The number of carbonyl (C=O) groups is 1. The molecule has 24 heavy (non-hydrogen) atoms. The van der Waals surface area contributed by atoms with Crippen LogP contribution in [0.2, 0.25) is 0 Å². The number of anilines is 1. The van der Waals surface area contributed by atoms with Gasteiger partial charge >= 0.3 is 6.03 Å². The Labute approximate surface area is 142 Å². The molecule has 0 aliphatic rings. The molecule has 0 fully saturated rings. The lowest BCUT2D eigenvalue weighted by molar-refractivity contribution is 0.0657. The first-order chi connectivity index (χ1) is 11.6. The number of hydrogen-bond donors (Lipinski definition) is 3. The molecule has 0 aromatic heterocycles. The van der Waals surface area contributed by atoms with Crippen LogP contribution >= 0.6 is 0 Å². The van der Waals surface area contributed by atoms with E-state index in [9.17, 15) is 9.90 Å². The molecule has 2 aromatic carbocycles. The van der Waals surface area contributed by atoms with Crippen LogP contribution < -0.4 is 10.6 Å². The molecule has 0 spiro atoms. The second-order valence-corrected chi connectivity index (χ2v) is 5.80. The maximum absolute atomic E-state index is 12.2. The minimum Gasteiger partial charge on any atom is -0.394 e. The van der Waals surface area contributed by atoms with Crippen LogP contribution in [0.15, 0.2) is 54.6 Å². The third-order valence-electron chi connectivity index (χ3n) is 3.46. The van der Waals surface area contributed by atoms with E-state index in [0.717, 1.165) is 11.1 Å². The van der Waals surface area contributed by atoms with Crippen molar-refractivity contribution in [1.29, 1.82) is 0 Å². The van der Waals surface area contributed by atoms with Gasteiger partial charge in [-0.1, -0.05) is 42.5 Å². The van der Waals surface area contributed by atoms with Crippen LogP contribution in [0.3, 0.4) is 0 Å². The van der Waals surface area contributed by atoms with Gasteiger partial charge in [-0.25, -0.2) is 4.79 Å². The number of benzene rings is 2. The smallest absolute Gasteiger partial charge is 0.319 e. The van der Waals surface area contributed by atoms with E-state index in [0.29, 0.717) is 12.3 Å². The fraction of sp³-hybridized carbons (Fsp3) is 0.316. The Bertz CT molecular complexity index is 644. The fourth-order valence-corrected chi connectivity index (χ4v) is 2.25. The van der Waals surface area contributed by atoms with Gasteiger partial charge in [-0.05, 0) is 37.1 Å². The van der Waals surface area contributed by atoms with Crippen molar-refractivity contribution in [2.45, 2.75) is 32.6 Å². The molecule has 5 nitrogen and oxygen atoms in total. The maximum Gasteiger partial charge on any atom is 0.319 e. The highest BCUT2D eigenvalue weighted by Crippen LogP contribution is 2.14. The van der Waals surface area contributed by atoms with Gasteiger partial charge in [-0.15, -0.1) is 0 Å². The molecule has 128 valence electrons. The highest BCUT2D eigenvalue weighted by Gasteiger charge is 2.13. The highest BCUT2D eigenvalue weighted by atomic mass is 16.5. The number of rotatable bonds is 7. The number of urea groups is 1. The van der Waals surface area contributed by atoms with E-state index in [4.69, 9.17) is 4.74 Å². The number of amides is 2. The van der Waals surface area contributed by atoms with Gasteiger partial charge in [0.2, 0.25) is 0 Å². The quantitative estimate of drug-likeness (QED) is 0.729. The Morgan fingerprint density at radius 1 is 1.12 bits per heavy atom. The lowest BCUT2D eigenvalue weighted by Crippen LogP contribution is -2.34. The monoisotopic (exact) mass is 328 g/mol. The summed E-state index contributed by atoms with van der Waals surface area (Å²) in [6.07, 6.45) is 0.154. The Morgan fingerprint density at radius 3 is 2.54 bits per heavy atom. The molecule has 3 N–H and O–H groups in total. The standard InChI is InChI=1S/C19H24N2O3/c1-14(2)24-13-15-7-6-10-17(11-15)20-19(23)21-18(12-22)16-8-4-3-5-9-16/h3-11,14,18,22H,12-13H2,1-2H3,(H2,20,21,23)/t18-/m0/s1. The second-order valence-electron chi connectivity index (χ2n) is 5.80. The summed E-state index contributed by atoms with van der Waals surface area (Å²) in [4.78, 5) is 12.2. The minimum absolute atomic E-state index is 0.154. The van der Waals surface area contributed by atoms with Gasteiger partial charge in [0.1, 0.15) is 0 Å². The van der Waals surface area contributed by atoms with Gasteiger partial charge in [0, 0.05) is 5.69 Å². The minimum atomic E-state index is -0.446.